The van der Waals surface area contributed by atoms with Gasteiger partial charge in [0.15, 0.2) is 6.10 Å². The van der Waals surface area contributed by atoms with Crippen LogP contribution in [0.5, 0.6) is 5.75 Å². The summed E-state index contributed by atoms with van der Waals surface area (Å²) in [5, 5.41) is 2.57. The number of halogens is 2. The van der Waals surface area contributed by atoms with Gasteiger partial charge in [-0.15, -0.1) is 0 Å². The van der Waals surface area contributed by atoms with Crippen LogP contribution in [0.4, 0.5) is 10.1 Å². The minimum absolute atomic E-state index is 0.139. The molecule has 0 aromatic heterocycles. The summed E-state index contributed by atoms with van der Waals surface area (Å²) in [5.41, 5.74) is 2.39. The van der Waals surface area contributed by atoms with Gasteiger partial charge in [0.1, 0.15) is 11.6 Å². The number of carbonyl (C=O) groups excluding carboxylic acids is 1. The van der Waals surface area contributed by atoms with Gasteiger partial charge in [-0.2, -0.15) is 0 Å². The predicted molar refractivity (Wildman–Crippen MR) is 93.4 cm³/mol. The van der Waals surface area contributed by atoms with E-state index in [9.17, 15) is 9.18 Å². The van der Waals surface area contributed by atoms with E-state index >= 15 is 0 Å². The summed E-state index contributed by atoms with van der Waals surface area (Å²) < 4.78 is 20.2. The molecule has 0 fully saturated rings. The quantitative estimate of drug-likeness (QED) is 0.793. The third-order valence-electron chi connectivity index (χ3n) is 3.61. The van der Waals surface area contributed by atoms with E-state index in [0.29, 0.717) is 16.6 Å². The molecule has 0 saturated carbocycles. The molecule has 2 aromatic carbocycles. The molecular weight excluding hydrogens is 361 g/mol. The highest BCUT2D eigenvalue weighted by Crippen LogP contribution is 2.21. The van der Waals surface area contributed by atoms with Crippen LogP contribution in [0.1, 0.15) is 24.5 Å². The molecule has 0 bridgehead atoms. The van der Waals surface area contributed by atoms with Crippen LogP contribution >= 0.6 is 15.9 Å². The Balaban J connectivity index is 2.10. The average Bonchev–Trinajstić information content (AvgIpc) is 2.51. The lowest BCUT2D eigenvalue weighted by molar-refractivity contribution is -0.122. The molecule has 2 rings (SSSR count). The van der Waals surface area contributed by atoms with Crippen LogP contribution in [0.3, 0.4) is 0 Å². The maximum atomic E-state index is 13.8. The molecule has 0 aliphatic carbocycles. The van der Waals surface area contributed by atoms with E-state index in [1.165, 1.54) is 12.1 Å². The molecule has 23 heavy (non-hydrogen) atoms. The van der Waals surface area contributed by atoms with Crippen LogP contribution in [0.2, 0.25) is 0 Å². The summed E-state index contributed by atoms with van der Waals surface area (Å²) in [7, 11) is 0. The fraction of sp³-hybridized carbons (Fsp3) is 0.278. The van der Waals surface area contributed by atoms with Crippen molar-refractivity contribution >= 4 is 27.5 Å². The highest BCUT2D eigenvalue weighted by Gasteiger charge is 2.20. The molecule has 0 spiro atoms. The number of hydrogen-bond acceptors (Lipinski definition) is 2. The molecule has 3 nitrogen and oxygen atoms in total. The molecule has 2 aromatic rings. The maximum absolute atomic E-state index is 13.8. The Hall–Kier alpha value is -1.88. The van der Waals surface area contributed by atoms with Crippen molar-refractivity contribution in [2.24, 2.45) is 0 Å². The minimum atomic E-state index is -0.680. The van der Waals surface area contributed by atoms with E-state index < -0.39 is 11.9 Å². The zero-order valence-corrected chi connectivity index (χ0v) is 14.9. The van der Waals surface area contributed by atoms with E-state index in [2.05, 4.69) is 21.2 Å². The maximum Gasteiger partial charge on any atom is 0.265 e. The monoisotopic (exact) mass is 379 g/mol. The third-order valence-corrected chi connectivity index (χ3v) is 4.10. The first kappa shape index (κ1) is 17.5. The lowest BCUT2D eigenvalue weighted by Crippen LogP contribution is -2.32. The molecule has 5 heteroatoms. The fourth-order valence-corrected chi connectivity index (χ4v) is 2.41. The van der Waals surface area contributed by atoms with E-state index in [-0.39, 0.29) is 11.6 Å². The van der Waals surface area contributed by atoms with Crippen molar-refractivity contribution in [3.05, 3.63) is 57.8 Å². The second kappa shape index (κ2) is 7.59. The zero-order valence-electron chi connectivity index (χ0n) is 13.3. The van der Waals surface area contributed by atoms with Crippen molar-refractivity contribution in [1.82, 2.24) is 0 Å². The van der Waals surface area contributed by atoms with Crippen molar-refractivity contribution < 1.29 is 13.9 Å². The first-order valence-corrected chi connectivity index (χ1v) is 8.20. The average molecular weight is 380 g/mol. The van der Waals surface area contributed by atoms with Gasteiger partial charge in [0.2, 0.25) is 0 Å². The van der Waals surface area contributed by atoms with Crippen LogP contribution in [0.15, 0.2) is 40.9 Å². The molecule has 0 heterocycles. The number of carbonyl (C=O) groups is 1. The largest absolute Gasteiger partial charge is 0.481 e. The van der Waals surface area contributed by atoms with Gasteiger partial charge < -0.3 is 10.1 Å². The van der Waals surface area contributed by atoms with Crippen molar-refractivity contribution in [2.45, 2.75) is 33.3 Å². The number of amides is 1. The van der Waals surface area contributed by atoms with Gasteiger partial charge in [-0.1, -0.05) is 28.9 Å². The first-order chi connectivity index (χ1) is 10.9. The fourth-order valence-electron chi connectivity index (χ4n) is 2.08. The Bertz CT molecular complexity index is 718. The number of aryl methyl sites for hydroxylation is 2. The summed E-state index contributed by atoms with van der Waals surface area (Å²) in [5.74, 6) is -0.230. The Labute approximate surface area is 144 Å². The van der Waals surface area contributed by atoms with E-state index in [1.54, 1.807) is 6.07 Å². The molecule has 0 aliphatic heterocycles. The summed E-state index contributed by atoms with van der Waals surface area (Å²) >= 11 is 3.18. The van der Waals surface area contributed by atoms with Gasteiger partial charge in [-0.25, -0.2) is 4.39 Å². The van der Waals surface area contributed by atoms with Gasteiger partial charge in [0.05, 0.1) is 5.69 Å². The highest BCUT2D eigenvalue weighted by molar-refractivity contribution is 9.10. The lowest BCUT2D eigenvalue weighted by Gasteiger charge is -2.18. The van der Waals surface area contributed by atoms with Crippen LogP contribution in [0, 0.1) is 19.7 Å². The number of hydrogen-bond donors (Lipinski definition) is 1. The molecule has 1 N–H and O–H groups in total. The SMILES string of the molecule is CC[C@H](Oc1ccc(C)c(C)c1)C(=O)Nc1ccc(Br)cc1F. The van der Waals surface area contributed by atoms with Gasteiger partial charge in [-0.3, -0.25) is 4.79 Å². The second-order valence-electron chi connectivity index (χ2n) is 5.37. The predicted octanol–water partition coefficient (Wildman–Crippen LogP) is 5.00. The number of ether oxygens (including phenoxy) is 1. The second-order valence-corrected chi connectivity index (χ2v) is 6.29. The summed E-state index contributed by atoms with van der Waals surface area (Å²) in [6, 6.07) is 10.2. The number of rotatable bonds is 5. The summed E-state index contributed by atoms with van der Waals surface area (Å²) in [6.45, 7) is 5.85. The molecule has 1 atom stereocenters. The summed E-state index contributed by atoms with van der Waals surface area (Å²) in [6.07, 6.45) is -0.197. The number of anilines is 1. The molecular formula is C18H19BrFNO2. The number of benzene rings is 2. The normalized spacial score (nSPS) is 11.9. The Kier molecular flexibility index (Phi) is 5.77. The third kappa shape index (κ3) is 4.55. The van der Waals surface area contributed by atoms with Crippen LogP contribution in [0.25, 0.3) is 0 Å². The van der Waals surface area contributed by atoms with E-state index in [4.69, 9.17) is 4.74 Å². The minimum Gasteiger partial charge on any atom is -0.481 e. The summed E-state index contributed by atoms with van der Waals surface area (Å²) in [4.78, 5) is 12.3. The van der Waals surface area contributed by atoms with Gasteiger partial charge in [0.25, 0.3) is 5.91 Å². The molecule has 0 unspecified atom stereocenters. The Morgan fingerprint density at radius 3 is 2.57 bits per heavy atom. The van der Waals surface area contributed by atoms with Crippen molar-refractivity contribution in [3.63, 3.8) is 0 Å². The topological polar surface area (TPSA) is 38.3 Å². The molecule has 0 saturated heterocycles. The van der Waals surface area contributed by atoms with Crippen molar-refractivity contribution in [3.8, 4) is 5.75 Å². The smallest absolute Gasteiger partial charge is 0.265 e. The molecule has 122 valence electrons. The lowest BCUT2D eigenvalue weighted by atomic mass is 10.1. The molecule has 0 aliphatic rings. The van der Waals surface area contributed by atoms with Gasteiger partial charge in [0, 0.05) is 4.47 Å². The number of nitrogens with one attached hydrogen (secondary N) is 1. The van der Waals surface area contributed by atoms with Crippen molar-refractivity contribution in [1.29, 1.82) is 0 Å². The Morgan fingerprint density at radius 2 is 1.96 bits per heavy atom. The highest BCUT2D eigenvalue weighted by atomic mass is 79.9. The van der Waals surface area contributed by atoms with Gasteiger partial charge in [-0.05, 0) is 61.7 Å². The van der Waals surface area contributed by atoms with Crippen molar-refractivity contribution in [2.75, 3.05) is 5.32 Å². The molecule has 1 amide bonds. The molecule has 0 radical (unpaired) electrons. The van der Waals surface area contributed by atoms with Crippen LogP contribution in [-0.4, -0.2) is 12.0 Å². The van der Waals surface area contributed by atoms with Crippen LogP contribution < -0.4 is 10.1 Å². The standard InChI is InChI=1S/C18H19BrFNO2/c1-4-17(23-14-7-5-11(2)12(3)9-14)18(22)21-16-8-6-13(19)10-15(16)20/h5-10,17H,4H2,1-3H3,(H,21,22)/t17-/m0/s1. The van der Waals surface area contributed by atoms with E-state index in [1.807, 2.05) is 39.0 Å². The zero-order chi connectivity index (χ0) is 17.0. The van der Waals surface area contributed by atoms with Gasteiger partial charge >= 0.3 is 0 Å². The first-order valence-electron chi connectivity index (χ1n) is 7.40. The van der Waals surface area contributed by atoms with E-state index in [0.717, 1.165) is 11.1 Å². The van der Waals surface area contributed by atoms with Crippen LogP contribution in [-0.2, 0) is 4.79 Å². The Morgan fingerprint density at radius 1 is 1.22 bits per heavy atom.